The third-order valence-electron chi connectivity index (χ3n) is 3.25. The molecule has 21 heavy (non-hydrogen) atoms. The van der Waals surface area contributed by atoms with Gasteiger partial charge >= 0.3 is 4.87 Å². The number of nitrogens with two attached hydrogens (primary N) is 1. The fourth-order valence-electron chi connectivity index (χ4n) is 2.20. The van der Waals surface area contributed by atoms with Crippen LogP contribution in [-0.4, -0.2) is 4.57 Å². The van der Waals surface area contributed by atoms with Gasteiger partial charge in [0.1, 0.15) is 5.82 Å². The number of rotatable bonds is 3. The van der Waals surface area contributed by atoms with E-state index in [0.717, 1.165) is 22.6 Å². The van der Waals surface area contributed by atoms with Crippen molar-refractivity contribution in [2.45, 2.75) is 6.54 Å². The molecule has 0 aliphatic heterocycles. The Morgan fingerprint density at radius 2 is 1.95 bits per heavy atom. The highest BCUT2D eigenvalue weighted by Crippen LogP contribution is 2.23. The van der Waals surface area contributed by atoms with Crippen molar-refractivity contribution in [3.63, 3.8) is 0 Å². The quantitative estimate of drug-likeness (QED) is 0.754. The number of hydrogen-bond donors (Lipinski definition) is 1. The van der Waals surface area contributed by atoms with Gasteiger partial charge in [-0.25, -0.2) is 4.39 Å². The number of nitrogen functional groups attached to an aromatic ring is 1. The summed E-state index contributed by atoms with van der Waals surface area (Å²) in [5.74, 6) is -0.311. The lowest BCUT2D eigenvalue weighted by atomic mass is 10.1. The van der Waals surface area contributed by atoms with Crippen LogP contribution in [0.25, 0.3) is 11.3 Å². The van der Waals surface area contributed by atoms with Gasteiger partial charge in [0.2, 0.25) is 0 Å². The van der Waals surface area contributed by atoms with Gasteiger partial charge in [0.25, 0.3) is 0 Å². The van der Waals surface area contributed by atoms with E-state index in [-0.39, 0.29) is 17.2 Å². The third kappa shape index (κ3) is 2.73. The first-order valence-corrected chi connectivity index (χ1v) is 7.31. The van der Waals surface area contributed by atoms with Crippen LogP contribution in [0.5, 0.6) is 0 Å². The molecule has 3 aromatic rings. The molecule has 0 atom stereocenters. The maximum atomic E-state index is 13.8. The van der Waals surface area contributed by atoms with Crippen molar-refractivity contribution in [1.82, 2.24) is 4.57 Å². The van der Waals surface area contributed by atoms with Crippen molar-refractivity contribution in [3.05, 3.63) is 75.0 Å². The van der Waals surface area contributed by atoms with E-state index < -0.39 is 0 Å². The van der Waals surface area contributed by atoms with E-state index in [4.69, 9.17) is 5.73 Å². The SMILES string of the molecule is Nc1cccc(-c2csc(=O)n2Cc2ccccc2F)c1. The molecule has 0 bridgehead atoms. The molecule has 1 heterocycles. The fourth-order valence-corrected chi connectivity index (χ4v) is 2.97. The van der Waals surface area contributed by atoms with Gasteiger partial charge in [0.15, 0.2) is 0 Å². The number of hydrogen-bond acceptors (Lipinski definition) is 3. The average molecular weight is 300 g/mol. The number of aromatic nitrogens is 1. The van der Waals surface area contributed by atoms with E-state index in [0.29, 0.717) is 11.3 Å². The first kappa shape index (κ1) is 13.6. The molecule has 0 aliphatic carbocycles. The number of halogens is 1. The number of anilines is 1. The van der Waals surface area contributed by atoms with Gasteiger partial charge in [-0.15, -0.1) is 0 Å². The predicted octanol–water partition coefficient (Wildman–Crippen LogP) is 3.35. The second-order valence-corrected chi connectivity index (χ2v) is 5.51. The second-order valence-electron chi connectivity index (χ2n) is 4.69. The molecule has 3 nitrogen and oxygen atoms in total. The Bertz CT molecular complexity index is 838. The minimum Gasteiger partial charge on any atom is -0.399 e. The Morgan fingerprint density at radius 3 is 2.71 bits per heavy atom. The van der Waals surface area contributed by atoms with Gasteiger partial charge in [0, 0.05) is 22.2 Å². The van der Waals surface area contributed by atoms with E-state index in [1.165, 1.54) is 6.07 Å². The summed E-state index contributed by atoms with van der Waals surface area (Å²) >= 11 is 1.10. The Hall–Kier alpha value is -2.40. The molecule has 0 unspecified atom stereocenters. The zero-order chi connectivity index (χ0) is 14.8. The Kier molecular flexibility index (Phi) is 3.58. The first-order valence-electron chi connectivity index (χ1n) is 6.43. The Balaban J connectivity index is 2.06. The summed E-state index contributed by atoms with van der Waals surface area (Å²) in [6.45, 7) is 0.207. The maximum Gasteiger partial charge on any atom is 0.307 e. The summed E-state index contributed by atoms with van der Waals surface area (Å²) in [4.78, 5) is 11.9. The lowest BCUT2D eigenvalue weighted by molar-refractivity contribution is 0.599. The van der Waals surface area contributed by atoms with E-state index in [1.54, 1.807) is 40.3 Å². The zero-order valence-corrected chi connectivity index (χ0v) is 11.9. The second kappa shape index (κ2) is 5.54. The zero-order valence-electron chi connectivity index (χ0n) is 11.1. The molecule has 106 valence electrons. The van der Waals surface area contributed by atoms with Crippen molar-refractivity contribution in [1.29, 1.82) is 0 Å². The van der Waals surface area contributed by atoms with Gasteiger partial charge in [-0.2, -0.15) is 0 Å². The summed E-state index contributed by atoms with van der Waals surface area (Å²) in [6, 6.07) is 13.8. The van der Waals surface area contributed by atoms with Gasteiger partial charge < -0.3 is 5.73 Å². The fraction of sp³-hybridized carbons (Fsp3) is 0.0625. The summed E-state index contributed by atoms with van der Waals surface area (Å²) < 4.78 is 15.3. The van der Waals surface area contributed by atoms with Crippen LogP contribution in [-0.2, 0) is 6.54 Å². The lowest BCUT2D eigenvalue weighted by Gasteiger charge is -2.09. The van der Waals surface area contributed by atoms with Crippen molar-refractivity contribution in [2.75, 3.05) is 5.73 Å². The largest absolute Gasteiger partial charge is 0.399 e. The molecule has 3 rings (SSSR count). The highest BCUT2D eigenvalue weighted by molar-refractivity contribution is 7.07. The minimum atomic E-state index is -0.311. The van der Waals surface area contributed by atoms with Gasteiger partial charge in [-0.05, 0) is 18.2 Å². The molecule has 2 aromatic carbocycles. The lowest BCUT2D eigenvalue weighted by Crippen LogP contribution is -2.15. The molecule has 0 saturated carbocycles. The van der Waals surface area contributed by atoms with Crippen LogP contribution in [0, 0.1) is 5.82 Å². The van der Waals surface area contributed by atoms with E-state index in [1.807, 2.05) is 12.1 Å². The van der Waals surface area contributed by atoms with Crippen molar-refractivity contribution in [2.24, 2.45) is 0 Å². The Morgan fingerprint density at radius 1 is 1.14 bits per heavy atom. The van der Waals surface area contributed by atoms with Crippen molar-refractivity contribution in [3.8, 4) is 11.3 Å². The van der Waals surface area contributed by atoms with Crippen LogP contribution in [0.4, 0.5) is 10.1 Å². The summed E-state index contributed by atoms with van der Waals surface area (Å²) in [6.07, 6.45) is 0. The molecular formula is C16H13FN2OS. The van der Waals surface area contributed by atoms with Crippen LogP contribution in [0.15, 0.2) is 58.7 Å². The van der Waals surface area contributed by atoms with Crippen LogP contribution < -0.4 is 10.6 Å². The van der Waals surface area contributed by atoms with Gasteiger partial charge in [-0.3, -0.25) is 9.36 Å². The van der Waals surface area contributed by atoms with Crippen LogP contribution in [0.2, 0.25) is 0 Å². The molecule has 0 spiro atoms. The Labute approximate surface area is 125 Å². The topological polar surface area (TPSA) is 48.0 Å². The van der Waals surface area contributed by atoms with E-state index >= 15 is 0 Å². The number of benzene rings is 2. The highest BCUT2D eigenvalue weighted by atomic mass is 32.1. The standard InChI is InChI=1S/C16H13FN2OS/c17-14-7-2-1-4-12(14)9-19-15(10-21-16(19)20)11-5-3-6-13(18)8-11/h1-8,10H,9,18H2. The van der Waals surface area contributed by atoms with E-state index in [2.05, 4.69) is 0 Å². The normalized spacial score (nSPS) is 10.7. The minimum absolute atomic E-state index is 0.115. The van der Waals surface area contributed by atoms with Crippen LogP contribution in [0.3, 0.4) is 0 Å². The summed E-state index contributed by atoms with van der Waals surface area (Å²) in [5.41, 5.74) is 8.50. The molecular weight excluding hydrogens is 287 g/mol. The van der Waals surface area contributed by atoms with Crippen LogP contribution >= 0.6 is 11.3 Å². The molecule has 0 aliphatic rings. The molecule has 5 heteroatoms. The smallest absolute Gasteiger partial charge is 0.307 e. The monoisotopic (exact) mass is 300 g/mol. The third-order valence-corrected chi connectivity index (χ3v) is 4.01. The van der Waals surface area contributed by atoms with Gasteiger partial charge in [0.05, 0.1) is 12.2 Å². The molecule has 0 fully saturated rings. The van der Waals surface area contributed by atoms with Gasteiger partial charge in [-0.1, -0.05) is 41.7 Å². The highest BCUT2D eigenvalue weighted by Gasteiger charge is 2.11. The van der Waals surface area contributed by atoms with E-state index in [9.17, 15) is 9.18 Å². The molecule has 1 aromatic heterocycles. The van der Waals surface area contributed by atoms with Crippen molar-refractivity contribution < 1.29 is 4.39 Å². The summed E-state index contributed by atoms with van der Waals surface area (Å²) in [5, 5.41) is 1.78. The predicted molar refractivity (Wildman–Crippen MR) is 83.9 cm³/mol. The maximum absolute atomic E-state index is 13.8. The molecule has 0 amide bonds. The molecule has 2 N–H and O–H groups in total. The molecule has 0 radical (unpaired) electrons. The number of nitrogens with zero attached hydrogens (tertiary/aromatic N) is 1. The average Bonchev–Trinajstić information content (AvgIpc) is 2.83. The molecule has 0 saturated heterocycles. The van der Waals surface area contributed by atoms with Crippen molar-refractivity contribution >= 4 is 17.0 Å². The number of thiazole rings is 1. The first-order chi connectivity index (χ1) is 10.1. The van der Waals surface area contributed by atoms with Crippen LogP contribution in [0.1, 0.15) is 5.56 Å². The summed E-state index contributed by atoms with van der Waals surface area (Å²) in [7, 11) is 0.